The normalized spacial score (nSPS) is 29.2. The fourth-order valence-electron chi connectivity index (χ4n) is 8.17. The number of benzene rings is 2. The van der Waals surface area contributed by atoms with Crippen LogP contribution in [0.4, 0.5) is 5.82 Å². The van der Waals surface area contributed by atoms with Gasteiger partial charge < -0.3 is 20.1 Å². The van der Waals surface area contributed by atoms with Crippen LogP contribution in [0.2, 0.25) is 0 Å². The molecular formula is C34H44N6O3S. The summed E-state index contributed by atoms with van der Waals surface area (Å²) < 4.78 is 22.6. The number of piperazine rings is 1. The summed E-state index contributed by atoms with van der Waals surface area (Å²) in [5, 5.41) is 16.2. The first-order valence-electron chi connectivity index (χ1n) is 16.3. The Morgan fingerprint density at radius 2 is 1.89 bits per heavy atom. The van der Waals surface area contributed by atoms with Gasteiger partial charge in [-0.15, -0.1) is 0 Å². The lowest BCUT2D eigenvalue weighted by atomic mass is 9.92. The van der Waals surface area contributed by atoms with Crippen molar-refractivity contribution in [1.29, 1.82) is 0 Å². The molecule has 0 spiro atoms. The SMILES string of the molecule is CC.CC1CN2CCC[C@@]2(COc2nc3c(c(N4CC5CCC(C4)N5)n2)S(=O)N(C)C(c2cc(O)cc4ccccc24)=C3)C1. The Bertz CT molecular complexity index is 1620. The Morgan fingerprint density at radius 3 is 2.68 bits per heavy atom. The highest BCUT2D eigenvalue weighted by atomic mass is 32.2. The summed E-state index contributed by atoms with van der Waals surface area (Å²) in [4.78, 5) is 15.4. The van der Waals surface area contributed by atoms with E-state index < -0.39 is 11.0 Å². The summed E-state index contributed by atoms with van der Waals surface area (Å²) in [6.45, 7) is 10.8. The van der Waals surface area contributed by atoms with E-state index in [1.807, 2.05) is 51.2 Å². The molecule has 2 aromatic carbocycles. The zero-order chi connectivity index (χ0) is 30.6. The number of nitrogens with zero attached hydrogens (tertiary/aromatic N) is 5. The number of phenolic OH excluding ortho intramolecular Hbond substituents is 1. The molecule has 2 bridgehead atoms. The highest BCUT2D eigenvalue weighted by Crippen LogP contribution is 2.43. The van der Waals surface area contributed by atoms with Crippen molar-refractivity contribution in [3.05, 3.63) is 47.7 Å². The first kappa shape index (κ1) is 29.5. The molecule has 10 heteroatoms. The van der Waals surface area contributed by atoms with E-state index in [1.54, 1.807) is 16.4 Å². The van der Waals surface area contributed by atoms with Crippen LogP contribution in [0, 0.1) is 5.92 Å². The second-order valence-corrected chi connectivity index (χ2v) is 14.4. The lowest BCUT2D eigenvalue weighted by Gasteiger charge is -2.36. The Labute approximate surface area is 262 Å². The summed E-state index contributed by atoms with van der Waals surface area (Å²) in [6.07, 6.45) is 7.75. The van der Waals surface area contributed by atoms with E-state index in [2.05, 4.69) is 22.0 Å². The Hall–Kier alpha value is -3.21. The van der Waals surface area contributed by atoms with Crippen LogP contribution in [-0.2, 0) is 11.0 Å². The monoisotopic (exact) mass is 616 g/mol. The third-order valence-electron chi connectivity index (χ3n) is 10.00. The first-order chi connectivity index (χ1) is 21.4. The summed E-state index contributed by atoms with van der Waals surface area (Å²) in [5.74, 6) is 1.55. The number of rotatable bonds is 5. The van der Waals surface area contributed by atoms with Gasteiger partial charge in [0.05, 0.1) is 16.9 Å². The molecule has 0 amide bonds. The van der Waals surface area contributed by atoms with Crippen LogP contribution in [0.25, 0.3) is 22.5 Å². The predicted molar refractivity (Wildman–Crippen MR) is 176 cm³/mol. The predicted octanol–water partition coefficient (Wildman–Crippen LogP) is 5.02. The molecule has 3 aromatic rings. The molecule has 4 fully saturated rings. The van der Waals surface area contributed by atoms with E-state index in [9.17, 15) is 9.32 Å². The number of anilines is 1. The van der Waals surface area contributed by atoms with E-state index in [0.717, 1.165) is 79.7 Å². The second kappa shape index (κ2) is 11.6. The standard InChI is InChI=1S/C32H38N6O3S.C2H6/c1-20-15-32(10-5-11-38(32)16-20)19-41-31-34-27-14-28(26-13-24(39)12-21-6-3-4-7-25(21)26)36(2)42(40)29(27)30(35-31)37-17-22-8-9-23(18-37)33-22;1-2/h3-4,6-7,12-14,20,22-23,33,39H,5,8-11,15-19H2,1-2H3;1-2H3/t20?,22?,23?,32-,42?;/m0./s1. The molecule has 9 nitrogen and oxygen atoms in total. The molecule has 6 heterocycles. The summed E-state index contributed by atoms with van der Waals surface area (Å²) in [7, 11) is 0.294. The van der Waals surface area contributed by atoms with E-state index in [0.29, 0.717) is 41.2 Å². The van der Waals surface area contributed by atoms with Crippen molar-refractivity contribution in [3.63, 3.8) is 0 Å². The molecule has 5 aliphatic heterocycles. The van der Waals surface area contributed by atoms with Crippen LogP contribution < -0.4 is 15.0 Å². The minimum atomic E-state index is -1.55. The minimum Gasteiger partial charge on any atom is -0.508 e. The fraction of sp³-hybridized carbons (Fsp3) is 0.529. The lowest BCUT2D eigenvalue weighted by Crippen LogP contribution is -2.52. The number of fused-ring (bicyclic) bond motifs is 5. The molecule has 8 rings (SSSR count). The number of hydrogen-bond acceptors (Lipinski definition) is 8. The third-order valence-corrected chi connectivity index (χ3v) is 11.4. The number of hydrogen-bond donors (Lipinski definition) is 2. The molecule has 234 valence electrons. The van der Waals surface area contributed by atoms with Gasteiger partial charge in [0.1, 0.15) is 17.3 Å². The molecule has 0 aliphatic carbocycles. The zero-order valence-electron chi connectivity index (χ0n) is 26.3. The zero-order valence-corrected chi connectivity index (χ0v) is 27.1. The van der Waals surface area contributed by atoms with E-state index in [1.165, 1.54) is 6.42 Å². The maximum absolute atomic E-state index is 14.3. The van der Waals surface area contributed by atoms with Gasteiger partial charge in [0.15, 0.2) is 16.8 Å². The molecule has 5 aliphatic rings. The van der Waals surface area contributed by atoms with Gasteiger partial charge in [0.25, 0.3) is 0 Å². The minimum absolute atomic E-state index is 0.0531. The van der Waals surface area contributed by atoms with Gasteiger partial charge in [0.2, 0.25) is 0 Å². The topological polar surface area (TPSA) is 94.1 Å². The average Bonchev–Trinajstić information content (AvgIpc) is 3.68. The van der Waals surface area contributed by atoms with E-state index >= 15 is 0 Å². The smallest absolute Gasteiger partial charge is 0.319 e. The Balaban J connectivity index is 0.00000153. The highest BCUT2D eigenvalue weighted by Gasteiger charge is 2.48. The molecule has 0 saturated carbocycles. The van der Waals surface area contributed by atoms with Gasteiger partial charge in [-0.1, -0.05) is 45.0 Å². The van der Waals surface area contributed by atoms with Crippen molar-refractivity contribution in [2.75, 3.05) is 44.7 Å². The second-order valence-electron chi connectivity index (χ2n) is 12.9. The fourth-order valence-corrected chi connectivity index (χ4v) is 9.39. The van der Waals surface area contributed by atoms with Crippen molar-refractivity contribution in [3.8, 4) is 11.8 Å². The van der Waals surface area contributed by atoms with Crippen molar-refractivity contribution < 1.29 is 14.1 Å². The van der Waals surface area contributed by atoms with Crippen LogP contribution in [0.15, 0.2) is 41.3 Å². The molecule has 2 N–H and O–H groups in total. The van der Waals surface area contributed by atoms with Crippen LogP contribution in [0.5, 0.6) is 11.8 Å². The Morgan fingerprint density at radius 1 is 1.11 bits per heavy atom. The van der Waals surface area contributed by atoms with Gasteiger partial charge in [-0.05, 0) is 73.5 Å². The molecule has 1 aromatic heterocycles. The van der Waals surface area contributed by atoms with Crippen LogP contribution in [-0.4, -0.2) is 85.9 Å². The summed E-state index contributed by atoms with van der Waals surface area (Å²) in [5.41, 5.74) is 2.24. The van der Waals surface area contributed by atoms with Crippen molar-refractivity contribution >= 4 is 39.3 Å². The maximum Gasteiger partial charge on any atom is 0.319 e. The van der Waals surface area contributed by atoms with Crippen molar-refractivity contribution in [2.45, 2.75) is 75.4 Å². The van der Waals surface area contributed by atoms with E-state index in [4.69, 9.17) is 14.7 Å². The van der Waals surface area contributed by atoms with Crippen molar-refractivity contribution in [2.24, 2.45) is 5.92 Å². The van der Waals surface area contributed by atoms with E-state index in [-0.39, 0.29) is 11.3 Å². The molecule has 4 saturated heterocycles. The van der Waals surface area contributed by atoms with Crippen LogP contribution >= 0.6 is 0 Å². The van der Waals surface area contributed by atoms with Crippen LogP contribution in [0.1, 0.15) is 64.1 Å². The van der Waals surface area contributed by atoms with Crippen molar-refractivity contribution in [1.82, 2.24) is 24.5 Å². The van der Waals surface area contributed by atoms with Gasteiger partial charge in [-0.2, -0.15) is 9.97 Å². The van der Waals surface area contributed by atoms with Gasteiger partial charge >= 0.3 is 6.01 Å². The van der Waals surface area contributed by atoms with Gasteiger partial charge in [-0.3, -0.25) is 9.21 Å². The largest absolute Gasteiger partial charge is 0.508 e. The number of ether oxygens (including phenoxy) is 1. The quantitative estimate of drug-likeness (QED) is 0.413. The highest BCUT2D eigenvalue weighted by molar-refractivity contribution is 7.83. The average molecular weight is 617 g/mol. The molecule has 44 heavy (non-hydrogen) atoms. The molecule has 0 radical (unpaired) electrons. The van der Waals surface area contributed by atoms with Gasteiger partial charge in [0, 0.05) is 44.3 Å². The number of aromatic nitrogens is 2. The Kier molecular flexibility index (Phi) is 7.79. The number of nitrogens with one attached hydrogen (secondary N) is 1. The molecular weight excluding hydrogens is 572 g/mol. The maximum atomic E-state index is 14.3. The van der Waals surface area contributed by atoms with Gasteiger partial charge in [-0.25, -0.2) is 4.21 Å². The molecule has 5 atom stereocenters. The summed E-state index contributed by atoms with van der Waals surface area (Å²) >= 11 is 0. The molecule has 4 unspecified atom stereocenters. The third kappa shape index (κ3) is 5.04. The first-order valence-corrected chi connectivity index (χ1v) is 17.4. The van der Waals surface area contributed by atoms with Crippen LogP contribution in [0.3, 0.4) is 0 Å². The number of phenols is 1. The number of aromatic hydroxyl groups is 1. The lowest BCUT2D eigenvalue weighted by molar-refractivity contribution is 0.107. The summed E-state index contributed by atoms with van der Waals surface area (Å²) in [6, 6.07) is 12.6.